The highest BCUT2D eigenvalue weighted by atomic mass is 19.4. The van der Waals surface area contributed by atoms with Gasteiger partial charge in [0.2, 0.25) is 0 Å². The molecule has 0 atom stereocenters. The van der Waals surface area contributed by atoms with Crippen LogP contribution in [0.5, 0.6) is 11.5 Å². The van der Waals surface area contributed by atoms with Crippen LogP contribution >= 0.6 is 0 Å². The van der Waals surface area contributed by atoms with E-state index < -0.39 is 6.36 Å². The zero-order valence-electron chi connectivity index (χ0n) is 11.0. The Bertz CT molecular complexity index is 606. The Morgan fingerprint density at radius 3 is 2.25 bits per heavy atom. The number of halogens is 3. The van der Waals surface area contributed by atoms with Crippen LogP contribution in [0.3, 0.4) is 0 Å². The molecule has 0 N–H and O–H groups in total. The predicted octanol–water partition coefficient (Wildman–Crippen LogP) is 4.57. The van der Waals surface area contributed by atoms with Gasteiger partial charge in [0.15, 0.2) is 0 Å². The normalized spacial score (nSPS) is 11.2. The Morgan fingerprint density at radius 1 is 0.950 bits per heavy atom. The van der Waals surface area contributed by atoms with Crippen molar-refractivity contribution in [3.05, 3.63) is 48.0 Å². The predicted molar refractivity (Wildman–Crippen MR) is 69.9 cm³/mol. The second kappa shape index (κ2) is 5.45. The highest BCUT2D eigenvalue weighted by Gasteiger charge is 2.32. The monoisotopic (exact) mass is 282 g/mol. The summed E-state index contributed by atoms with van der Waals surface area (Å²) in [5.74, 6) is 0.465. The third-order valence-corrected chi connectivity index (χ3v) is 2.82. The summed E-state index contributed by atoms with van der Waals surface area (Å²) in [6.45, 7) is 1.83. The zero-order valence-corrected chi connectivity index (χ0v) is 11.0. The molecule has 0 spiro atoms. The lowest BCUT2D eigenvalue weighted by Gasteiger charge is -2.14. The first-order valence-electron chi connectivity index (χ1n) is 5.90. The summed E-state index contributed by atoms with van der Waals surface area (Å²) in [6, 6.07) is 11.2. The fourth-order valence-electron chi connectivity index (χ4n) is 1.96. The lowest BCUT2D eigenvalue weighted by molar-refractivity contribution is -0.274. The van der Waals surface area contributed by atoms with Crippen LogP contribution in [0.15, 0.2) is 42.5 Å². The first-order valence-corrected chi connectivity index (χ1v) is 5.90. The summed E-state index contributed by atoms with van der Waals surface area (Å²) in [6.07, 6.45) is -4.71. The summed E-state index contributed by atoms with van der Waals surface area (Å²) in [7, 11) is 1.54. The van der Waals surface area contributed by atoms with Crippen molar-refractivity contribution in [2.24, 2.45) is 0 Å². The van der Waals surface area contributed by atoms with Crippen LogP contribution < -0.4 is 9.47 Å². The lowest BCUT2D eigenvalue weighted by Crippen LogP contribution is -2.17. The van der Waals surface area contributed by atoms with Gasteiger partial charge >= 0.3 is 6.36 Å². The van der Waals surface area contributed by atoms with Crippen LogP contribution in [0.25, 0.3) is 11.1 Å². The number of benzene rings is 2. The summed E-state index contributed by atoms with van der Waals surface area (Å²) in [4.78, 5) is 0. The number of aryl methyl sites for hydroxylation is 1. The van der Waals surface area contributed by atoms with Gasteiger partial charge in [-0.15, -0.1) is 13.2 Å². The number of methoxy groups -OCH3 is 1. The molecule has 0 saturated heterocycles. The number of ether oxygens (including phenoxy) is 2. The van der Waals surface area contributed by atoms with Crippen molar-refractivity contribution in [3.8, 4) is 22.6 Å². The quantitative estimate of drug-likeness (QED) is 0.821. The van der Waals surface area contributed by atoms with Crippen LogP contribution in [0, 0.1) is 6.92 Å². The molecule has 0 aromatic heterocycles. The molecular weight excluding hydrogens is 269 g/mol. The van der Waals surface area contributed by atoms with E-state index >= 15 is 0 Å². The average Bonchev–Trinajstić information content (AvgIpc) is 2.37. The van der Waals surface area contributed by atoms with Gasteiger partial charge in [0, 0.05) is 5.56 Å². The molecule has 20 heavy (non-hydrogen) atoms. The van der Waals surface area contributed by atoms with Crippen molar-refractivity contribution in [2.45, 2.75) is 13.3 Å². The van der Waals surface area contributed by atoms with E-state index in [1.807, 2.05) is 6.92 Å². The first kappa shape index (κ1) is 14.2. The van der Waals surface area contributed by atoms with E-state index in [4.69, 9.17) is 4.74 Å². The van der Waals surface area contributed by atoms with E-state index in [1.165, 1.54) is 12.1 Å². The van der Waals surface area contributed by atoms with Crippen molar-refractivity contribution in [2.75, 3.05) is 7.11 Å². The molecule has 0 aliphatic heterocycles. The first-order chi connectivity index (χ1) is 9.40. The molecule has 0 aliphatic rings. The Labute approximate surface area is 114 Å². The minimum Gasteiger partial charge on any atom is -0.496 e. The SMILES string of the molecule is COc1ccc(-c2ccccc2OC(F)(F)F)cc1C. The molecule has 5 heteroatoms. The molecular formula is C15H13F3O2. The van der Waals surface area contributed by atoms with Gasteiger partial charge < -0.3 is 9.47 Å². The highest BCUT2D eigenvalue weighted by molar-refractivity contribution is 5.71. The maximum atomic E-state index is 12.4. The van der Waals surface area contributed by atoms with E-state index in [0.29, 0.717) is 16.9 Å². The Morgan fingerprint density at radius 2 is 1.65 bits per heavy atom. The van der Waals surface area contributed by atoms with Crippen molar-refractivity contribution in [3.63, 3.8) is 0 Å². The van der Waals surface area contributed by atoms with Gasteiger partial charge in [0.1, 0.15) is 11.5 Å². The maximum Gasteiger partial charge on any atom is 0.573 e. The van der Waals surface area contributed by atoms with E-state index in [2.05, 4.69) is 4.74 Å². The van der Waals surface area contributed by atoms with Gasteiger partial charge in [-0.2, -0.15) is 0 Å². The molecule has 0 amide bonds. The molecule has 0 bridgehead atoms. The Hall–Kier alpha value is -2.17. The van der Waals surface area contributed by atoms with Crippen molar-refractivity contribution >= 4 is 0 Å². The largest absolute Gasteiger partial charge is 0.573 e. The molecule has 106 valence electrons. The van der Waals surface area contributed by atoms with Crippen molar-refractivity contribution in [1.82, 2.24) is 0 Å². The fourth-order valence-corrected chi connectivity index (χ4v) is 1.96. The zero-order chi connectivity index (χ0) is 14.8. The van der Waals surface area contributed by atoms with Gasteiger partial charge in [0.05, 0.1) is 7.11 Å². The summed E-state index contributed by atoms with van der Waals surface area (Å²) in [5, 5.41) is 0. The Balaban J connectivity index is 2.45. The third kappa shape index (κ3) is 3.23. The van der Waals surface area contributed by atoms with E-state index in [1.54, 1.807) is 37.4 Å². The number of alkyl halides is 3. The topological polar surface area (TPSA) is 18.5 Å². The molecule has 0 unspecified atom stereocenters. The van der Waals surface area contributed by atoms with Gasteiger partial charge in [-0.25, -0.2) is 0 Å². The second-order valence-electron chi connectivity index (χ2n) is 4.23. The molecule has 2 nitrogen and oxygen atoms in total. The molecule has 0 saturated carbocycles. The highest BCUT2D eigenvalue weighted by Crippen LogP contribution is 2.35. The number of para-hydroxylation sites is 1. The van der Waals surface area contributed by atoms with Crippen LogP contribution in [0.4, 0.5) is 13.2 Å². The van der Waals surface area contributed by atoms with Gasteiger partial charge in [-0.3, -0.25) is 0 Å². The summed E-state index contributed by atoms with van der Waals surface area (Å²) < 4.78 is 46.4. The van der Waals surface area contributed by atoms with Crippen LogP contribution in [-0.4, -0.2) is 13.5 Å². The summed E-state index contributed by atoms with van der Waals surface area (Å²) >= 11 is 0. The molecule has 0 heterocycles. The van der Waals surface area contributed by atoms with Crippen molar-refractivity contribution < 1.29 is 22.6 Å². The third-order valence-electron chi connectivity index (χ3n) is 2.82. The Kier molecular flexibility index (Phi) is 3.88. The summed E-state index contributed by atoms with van der Waals surface area (Å²) in [5.41, 5.74) is 1.87. The minimum absolute atomic E-state index is 0.218. The average molecular weight is 282 g/mol. The van der Waals surface area contributed by atoms with Gasteiger partial charge in [-0.05, 0) is 36.2 Å². The number of rotatable bonds is 3. The molecule has 2 aromatic rings. The molecule has 0 fully saturated rings. The van der Waals surface area contributed by atoms with Crippen molar-refractivity contribution in [1.29, 1.82) is 0 Å². The second-order valence-corrected chi connectivity index (χ2v) is 4.23. The van der Waals surface area contributed by atoms with Crippen LogP contribution in [0.1, 0.15) is 5.56 Å². The molecule has 0 aliphatic carbocycles. The molecule has 2 rings (SSSR count). The number of hydrogen-bond donors (Lipinski definition) is 0. The van der Waals surface area contributed by atoms with Gasteiger partial charge in [-0.1, -0.05) is 24.3 Å². The minimum atomic E-state index is -4.71. The van der Waals surface area contributed by atoms with Crippen LogP contribution in [0.2, 0.25) is 0 Å². The van der Waals surface area contributed by atoms with Crippen LogP contribution in [-0.2, 0) is 0 Å². The molecule has 2 aromatic carbocycles. The maximum absolute atomic E-state index is 12.4. The standard InChI is InChI=1S/C15H13F3O2/c1-10-9-11(7-8-13(10)19-2)12-5-3-4-6-14(12)20-15(16,17)18/h3-9H,1-2H3. The van der Waals surface area contributed by atoms with Gasteiger partial charge in [0.25, 0.3) is 0 Å². The molecule has 0 radical (unpaired) electrons. The lowest BCUT2D eigenvalue weighted by atomic mass is 10.0. The van der Waals surface area contributed by atoms with E-state index in [-0.39, 0.29) is 5.75 Å². The number of hydrogen-bond acceptors (Lipinski definition) is 2. The van der Waals surface area contributed by atoms with E-state index in [9.17, 15) is 13.2 Å². The van der Waals surface area contributed by atoms with E-state index in [0.717, 1.165) is 5.56 Å². The smallest absolute Gasteiger partial charge is 0.496 e. The fraction of sp³-hybridized carbons (Fsp3) is 0.200.